The van der Waals surface area contributed by atoms with Crippen molar-refractivity contribution in [1.82, 2.24) is 0 Å². The van der Waals surface area contributed by atoms with E-state index in [9.17, 15) is 18.0 Å². The van der Waals surface area contributed by atoms with E-state index < -0.39 is 12.3 Å². The molecule has 0 saturated carbocycles. The third-order valence-corrected chi connectivity index (χ3v) is 2.59. The molecule has 0 fully saturated rings. The summed E-state index contributed by atoms with van der Waals surface area (Å²) >= 11 is 0. The summed E-state index contributed by atoms with van der Waals surface area (Å²) in [5.74, 6) is -0.900. The lowest BCUT2D eigenvalue weighted by Crippen LogP contribution is -2.17. The number of ether oxygens (including phenoxy) is 1. The molecule has 0 aliphatic heterocycles. The Morgan fingerprint density at radius 2 is 1.60 bits per heavy atom. The lowest BCUT2D eigenvalue weighted by molar-refractivity contribution is -0.274. The number of hydrogen-bond acceptors (Lipinski definition) is 2. The van der Waals surface area contributed by atoms with Crippen LogP contribution in [0.5, 0.6) is 5.75 Å². The fourth-order valence-corrected chi connectivity index (χ4v) is 1.73. The molecule has 0 atom stereocenters. The molecule has 20 heavy (non-hydrogen) atoms. The monoisotopic (exact) mass is 281 g/mol. The van der Waals surface area contributed by atoms with Crippen LogP contribution in [0.4, 0.5) is 13.2 Å². The van der Waals surface area contributed by atoms with E-state index >= 15 is 0 Å². The minimum absolute atomic E-state index is 0.279. The molecule has 2 aromatic carbocycles. The van der Waals surface area contributed by atoms with E-state index in [4.69, 9.17) is 5.73 Å². The number of primary amides is 1. The van der Waals surface area contributed by atoms with Crippen LogP contribution in [-0.2, 0) is 0 Å². The van der Waals surface area contributed by atoms with E-state index in [0.717, 1.165) is 0 Å². The summed E-state index contributed by atoms with van der Waals surface area (Å²) < 4.78 is 40.9. The number of amides is 1. The zero-order valence-corrected chi connectivity index (χ0v) is 10.1. The predicted octanol–water partition coefficient (Wildman–Crippen LogP) is 3.35. The van der Waals surface area contributed by atoms with Crippen LogP contribution in [0.2, 0.25) is 0 Å². The van der Waals surface area contributed by atoms with Gasteiger partial charge in [-0.05, 0) is 23.8 Å². The quantitative estimate of drug-likeness (QED) is 0.938. The van der Waals surface area contributed by atoms with Crippen LogP contribution in [0.15, 0.2) is 48.5 Å². The molecular formula is C14H10F3NO2. The summed E-state index contributed by atoms with van der Waals surface area (Å²) in [7, 11) is 0. The number of benzene rings is 2. The number of hydrogen-bond donors (Lipinski definition) is 1. The topological polar surface area (TPSA) is 52.3 Å². The van der Waals surface area contributed by atoms with Gasteiger partial charge in [0.1, 0.15) is 5.75 Å². The van der Waals surface area contributed by atoms with Crippen molar-refractivity contribution in [3.8, 4) is 16.9 Å². The van der Waals surface area contributed by atoms with Crippen LogP contribution in [0.3, 0.4) is 0 Å². The van der Waals surface area contributed by atoms with Crippen molar-refractivity contribution < 1.29 is 22.7 Å². The van der Waals surface area contributed by atoms with Crippen LogP contribution in [0.25, 0.3) is 11.1 Å². The predicted molar refractivity (Wildman–Crippen MR) is 67.1 cm³/mol. The van der Waals surface area contributed by atoms with Gasteiger partial charge >= 0.3 is 6.36 Å². The second-order valence-electron chi connectivity index (χ2n) is 3.99. The third-order valence-electron chi connectivity index (χ3n) is 2.59. The number of nitrogens with two attached hydrogens (primary N) is 1. The first-order valence-corrected chi connectivity index (χ1v) is 5.62. The Labute approximate surface area is 112 Å². The summed E-state index contributed by atoms with van der Waals surface area (Å²) in [6.45, 7) is 0. The molecule has 0 aromatic heterocycles. The van der Waals surface area contributed by atoms with E-state index in [1.54, 1.807) is 6.07 Å². The standard InChI is InChI=1S/C14H10F3NO2/c15-14(16,17)20-12-4-2-1-3-11(12)9-5-7-10(8-6-9)13(18)19/h1-8H,(H2,18,19). The van der Waals surface area contributed by atoms with Gasteiger partial charge in [-0.25, -0.2) is 0 Å². The minimum atomic E-state index is -4.76. The molecule has 0 aliphatic rings. The minimum Gasteiger partial charge on any atom is -0.405 e. The number of carbonyl (C=O) groups excluding carboxylic acids is 1. The summed E-state index contributed by atoms with van der Waals surface area (Å²) in [6.07, 6.45) is -4.76. The summed E-state index contributed by atoms with van der Waals surface area (Å²) in [4.78, 5) is 11.0. The number of rotatable bonds is 3. The van der Waals surface area contributed by atoms with Gasteiger partial charge in [-0.2, -0.15) is 0 Å². The molecule has 0 bridgehead atoms. The maximum atomic E-state index is 12.3. The molecular weight excluding hydrogens is 271 g/mol. The highest BCUT2D eigenvalue weighted by atomic mass is 19.4. The van der Waals surface area contributed by atoms with Gasteiger partial charge in [-0.3, -0.25) is 4.79 Å². The van der Waals surface area contributed by atoms with Crippen LogP contribution in [0, 0.1) is 0 Å². The van der Waals surface area contributed by atoms with E-state index in [0.29, 0.717) is 5.56 Å². The molecule has 0 unspecified atom stereocenters. The first kappa shape index (κ1) is 13.9. The molecule has 0 radical (unpaired) electrons. The fourth-order valence-electron chi connectivity index (χ4n) is 1.73. The van der Waals surface area contributed by atoms with E-state index in [2.05, 4.69) is 4.74 Å². The van der Waals surface area contributed by atoms with Crippen LogP contribution in [-0.4, -0.2) is 12.3 Å². The summed E-state index contributed by atoms with van der Waals surface area (Å²) in [5, 5.41) is 0. The molecule has 2 rings (SSSR count). The van der Waals surface area contributed by atoms with Gasteiger partial charge in [0.05, 0.1) is 0 Å². The lowest BCUT2D eigenvalue weighted by Gasteiger charge is -2.13. The summed E-state index contributed by atoms with van der Waals surface area (Å²) in [5.41, 5.74) is 6.16. The normalized spacial score (nSPS) is 11.2. The Kier molecular flexibility index (Phi) is 3.65. The van der Waals surface area contributed by atoms with E-state index in [-0.39, 0.29) is 16.9 Å². The second-order valence-corrected chi connectivity index (χ2v) is 3.99. The van der Waals surface area contributed by atoms with Crippen molar-refractivity contribution in [3.63, 3.8) is 0 Å². The molecule has 104 valence electrons. The molecule has 0 aliphatic carbocycles. The number of halogens is 3. The number of carbonyl (C=O) groups is 1. The molecule has 2 N–H and O–H groups in total. The van der Waals surface area contributed by atoms with Crippen molar-refractivity contribution in [2.45, 2.75) is 6.36 Å². The van der Waals surface area contributed by atoms with E-state index in [1.165, 1.54) is 42.5 Å². The maximum absolute atomic E-state index is 12.3. The Balaban J connectivity index is 2.39. The van der Waals surface area contributed by atoms with Crippen LogP contribution >= 0.6 is 0 Å². The highest BCUT2D eigenvalue weighted by Crippen LogP contribution is 2.33. The van der Waals surface area contributed by atoms with Crippen molar-refractivity contribution in [2.24, 2.45) is 5.73 Å². The first-order valence-electron chi connectivity index (χ1n) is 5.62. The van der Waals surface area contributed by atoms with Gasteiger partial charge in [0.25, 0.3) is 0 Å². The Morgan fingerprint density at radius 3 is 2.15 bits per heavy atom. The lowest BCUT2D eigenvalue weighted by atomic mass is 10.0. The zero-order chi connectivity index (χ0) is 14.8. The SMILES string of the molecule is NC(=O)c1ccc(-c2ccccc2OC(F)(F)F)cc1. The second kappa shape index (κ2) is 5.24. The van der Waals surface area contributed by atoms with Gasteiger partial charge in [-0.1, -0.05) is 30.3 Å². The van der Waals surface area contributed by atoms with Gasteiger partial charge < -0.3 is 10.5 Å². The molecule has 2 aromatic rings. The number of alkyl halides is 3. The Morgan fingerprint density at radius 1 is 1.00 bits per heavy atom. The third kappa shape index (κ3) is 3.28. The molecule has 1 amide bonds. The molecule has 0 spiro atoms. The first-order chi connectivity index (χ1) is 9.37. The Bertz CT molecular complexity index is 621. The van der Waals surface area contributed by atoms with Gasteiger partial charge in [-0.15, -0.1) is 13.2 Å². The molecule has 3 nitrogen and oxygen atoms in total. The average Bonchev–Trinajstić information content (AvgIpc) is 2.37. The smallest absolute Gasteiger partial charge is 0.405 e. The largest absolute Gasteiger partial charge is 0.573 e. The van der Waals surface area contributed by atoms with Gasteiger partial charge in [0.2, 0.25) is 5.91 Å². The zero-order valence-electron chi connectivity index (χ0n) is 10.1. The highest BCUT2D eigenvalue weighted by Gasteiger charge is 2.32. The van der Waals surface area contributed by atoms with Crippen LogP contribution in [0.1, 0.15) is 10.4 Å². The van der Waals surface area contributed by atoms with Crippen molar-refractivity contribution >= 4 is 5.91 Å². The Hall–Kier alpha value is -2.50. The highest BCUT2D eigenvalue weighted by molar-refractivity contribution is 5.93. The molecule has 0 saturated heterocycles. The molecule has 6 heteroatoms. The van der Waals surface area contributed by atoms with Gasteiger partial charge in [0, 0.05) is 11.1 Å². The van der Waals surface area contributed by atoms with Crippen LogP contribution < -0.4 is 10.5 Å². The van der Waals surface area contributed by atoms with Crippen molar-refractivity contribution in [1.29, 1.82) is 0 Å². The fraction of sp³-hybridized carbons (Fsp3) is 0.0714. The maximum Gasteiger partial charge on any atom is 0.573 e. The molecule has 0 heterocycles. The van der Waals surface area contributed by atoms with Crippen molar-refractivity contribution in [3.05, 3.63) is 54.1 Å². The van der Waals surface area contributed by atoms with Gasteiger partial charge in [0.15, 0.2) is 0 Å². The average molecular weight is 281 g/mol. The number of para-hydroxylation sites is 1. The van der Waals surface area contributed by atoms with Crippen molar-refractivity contribution in [2.75, 3.05) is 0 Å². The van der Waals surface area contributed by atoms with E-state index in [1.807, 2.05) is 0 Å². The summed E-state index contributed by atoms with van der Waals surface area (Å²) in [6, 6.07) is 11.7.